The van der Waals surface area contributed by atoms with Gasteiger partial charge in [-0.3, -0.25) is 9.59 Å². The van der Waals surface area contributed by atoms with Crippen LogP contribution in [-0.2, 0) is 9.59 Å². The van der Waals surface area contributed by atoms with Gasteiger partial charge in [-0.15, -0.1) is 0 Å². The number of primary amides is 1. The van der Waals surface area contributed by atoms with Gasteiger partial charge < -0.3 is 20.6 Å². The molecule has 0 spiro atoms. The molecule has 0 radical (unpaired) electrons. The van der Waals surface area contributed by atoms with Gasteiger partial charge in [0.15, 0.2) is 0 Å². The van der Waals surface area contributed by atoms with Crippen LogP contribution in [-0.4, -0.2) is 66.1 Å². The molecule has 0 aromatic rings. The number of hydrogen-bond donors (Lipinski definition) is 2. The fourth-order valence-corrected chi connectivity index (χ4v) is 2.12. The molecule has 1 aliphatic heterocycles. The zero-order valence-electron chi connectivity index (χ0n) is 10.8. The first-order valence-corrected chi connectivity index (χ1v) is 6.53. The van der Waals surface area contributed by atoms with Crippen LogP contribution in [0.3, 0.4) is 0 Å². The maximum atomic E-state index is 10.6. The third kappa shape index (κ3) is 6.56. The largest absolute Gasteiger partial charge is 0.481 e. The highest BCUT2D eigenvalue weighted by atomic mass is 16.4. The molecule has 0 aromatic heterocycles. The molecule has 0 unspecified atom stereocenters. The first-order chi connectivity index (χ1) is 8.58. The normalized spacial score (nSPS) is 17.8. The Morgan fingerprint density at radius 2 is 1.50 bits per heavy atom. The molecule has 1 rings (SSSR count). The zero-order chi connectivity index (χ0) is 13.4. The van der Waals surface area contributed by atoms with Crippen LogP contribution in [0.4, 0.5) is 0 Å². The van der Waals surface area contributed by atoms with Gasteiger partial charge in [-0.2, -0.15) is 0 Å². The van der Waals surface area contributed by atoms with E-state index in [1.54, 1.807) is 0 Å². The number of amides is 1. The van der Waals surface area contributed by atoms with E-state index in [0.29, 0.717) is 13.0 Å². The first-order valence-electron chi connectivity index (χ1n) is 6.53. The van der Waals surface area contributed by atoms with Gasteiger partial charge in [-0.25, -0.2) is 0 Å². The fourth-order valence-electron chi connectivity index (χ4n) is 2.12. The van der Waals surface area contributed by atoms with E-state index >= 15 is 0 Å². The van der Waals surface area contributed by atoms with Crippen LogP contribution in [0.2, 0.25) is 0 Å². The molecule has 0 bridgehead atoms. The Morgan fingerprint density at radius 3 is 2.00 bits per heavy atom. The van der Waals surface area contributed by atoms with E-state index in [-0.39, 0.29) is 12.3 Å². The number of piperazine rings is 1. The first kappa shape index (κ1) is 14.9. The van der Waals surface area contributed by atoms with Crippen molar-refractivity contribution in [2.75, 3.05) is 39.3 Å². The second-order valence-electron chi connectivity index (χ2n) is 4.75. The van der Waals surface area contributed by atoms with Gasteiger partial charge >= 0.3 is 5.97 Å². The van der Waals surface area contributed by atoms with Gasteiger partial charge in [0.05, 0.1) is 6.42 Å². The fraction of sp³-hybridized carbons (Fsp3) is 0.833. The Balaban J connectivity index is 2.04. The summed E-state index contributed by atoms with van der Waals surface area (Å²) in [6.45, 7) is 5.48. The molecule has 1 fully saturated rings. The highest BCUT2D eigenvalue weighted by Gasteiger charge is 2.16. The monoisotopic (exact) mass is 257 g/mol. The van der Waals surface area contributed by atoms with Crippen molar-refractivity contribution in [1.82, 2.24) is 9.80 Å². The number of rotatable bonds is 8. The Hall–Kier alpha value is -1.14. The number of unbranched alkanes of at least 4 members (excludes halogenated alkanes) is 1. The van der Waals surface area contributed by atoms with E-state index in [0.717, 1.165) is 45.6 Å². The molecule has 1 aliphatic rings. The predicted molar refractivity (Wildman–Crippen MR) is 68.2 cm³/mol. The summed E-state index contributed by atoms with van der Waals surface area (Å²) in [6, 6.07) is 0. The van der Waals surface area contributed by atoms with E-state index in [4.69, 9.17) is 10.8 Å². The molecule has 104 valence electrons. The number of nitrogens with two attached hydrogens (primary N) is 1. The van der Waals surface area contributed by atoms with E-state index in [9.17, 15) is 9.59 Å². The number of carboxylic acid groups (broad SMARTS) is 1. The summed E-state index contributed by atoms with van der Waals surface area (Å²) in [7, 11) is 0. The van der Waals surface area contributed by atoms with Gasteiger partial charge in [-0.1, -0.05) is 0 Å². The zero-order valence-corrected chi connectivity index (χ0v) is 10.8. The lowest BCUT2D eigenvalue weighted by atomic mass is 10.2. The molecule has 0 aromatic carbocycles. The van der Waals surface area contributed by atoms with Crippen LogP contribution in [0.1, 0.15) is 25.7 Å². The van der Waals surface area contributed by atoms with Crippen LogP contribution in [0.15, 0.2) is 0 Å². The average molecular weight is 257 g/mol. The minimum Gasteiger partial charge on any atom is -0.481 e. The quantitative estimate of drug-likeness (QED) is 0.585. The summed E-state index contributed by atoms with van der Waals surface area (Å²) in [5.74, 6) is -0.961. The standard InChI is InChI=1S/C12H23N3O3/c13-11(16)3-1-2-5-14-7-9-15(10-8-14)6-4-12(17)18/h1-10H2,(H2,13,16)(H,17,18). The van der Waals surface area contributed by atoms with E-state index < -0.39 is 5.97 Å². The van der Waals surface area contributed by atoms with Crippen molar-refractivity contribution in [2.24, 2.45) is 5.73 Å². The van der Waals surface area contributed by atoms with Crippen molar-refractivity contribution < 1.29 is 14.7 Å². The SMILES string of the molecule is NC(=O)CCCCN1CCN(CCC(=O)O)CC1. The highest BCUT2D eigenvalue weighted by Crippen LogP contribution is 2.05. The molecule has 0 aliphatic carbocycles. The van der Waals surface area contributed by atoms with Gasteiger partial charge in [0.2, 0.25) is 5.91 Å². The summed E-state index contributed by atoms with van der Waals surface area (Å²) in [5.41, 5.74) is 5.08. The molecular weight excluding hydrogens is 234 g/mol. The molecule has 0 atom stereocenters. The van der Waals surface area contributed by atoms with Crippen LogP contribution in [0.5, 0.6) is 0 Å². The number of aliphatic carboxylic acids is 1. The predicted octanol–water partition coefficient (Wildman–Crippen LogP) is -0.266. The summed E-state index contributed by atoms with van der Waals surface area (Å²) in [5, 5.41) is 8.61. The Kier molecular flexibility index (Phi) is 6.67. The number of hydrogen-bond acceptors (Lipinski definition) is 4. The van der Waals surface area contributed by atoms with Gasteiger partial charge in [0.25, 0.3) is 0 Å². The van der Waals surface area contributed by atoms with E-state index in [1.807, 2.05) is 0 Å². The third-order valence-electron chi connectivity index (χ3n) is 3.25. The van der Waals surface area contributed by atoms with E-state index in [1.165, 1.54) is 0 Å². The molecule has 18 heavy (non-hydrogen) atoms. The van der Waals surface area contributed by atoms with Crippen molar-refractivity contribution in [3.05, 3.63) is 0 Å². The van der Waals surface area contributed by atoms with Crippen molar-refractivity contribution >= 4 is 11.9 Å². The van der Waals surface area contributed by atoms with Gasteiger partial charge in [0.1, 0.15) is 0 Å². The van der Waals surface area contributed by atoms with Crippen LogP contribution in [0.25, 0.3) is 0 Å². The minimum absolute atomic E-state index is 0.221. The summed E-state index contributed by atoms with van der Waals surface area (Å²) in [4.78, 5) is 25.6. The maximum absolute atomic E-state index is 10.6. The average Bonchev–Trinajstić information content (AvgIpc) is 2.33. The number of carbonyl (C=O) groups excluding carboxylic acids is 1. The Labute approximate surface area is 108 Å². The lowest BCUT2D eigenvalue weighted by Crippen LogP contribution is -2.47. The van der Waals surface area contributed by atoms with Crippen LogP contribution in [0, 0.1) is 0 Å². The summed E-state index contributed by atoms with van der Waals surface area (Å²) >= 11 is 0. The third-order valence-corrected chi connectivity index (χ3v) is 3.25. The van der Waals surface area contributed by atoms with Crippen molar-refractivity contribution in [3.63, 3.8) is 0 Å². The number of carboxylic acids is 1. The second kappa shape index (κ2) is 8.05. The van der Waals surface area contributed by atoms with Crippen molar-refractivity contribution in [2.45, 2.75) is 25.7 Å². The van der Waals surface area contributed by atoms with E-state index in [2.05, 4.69) is 9.80 Å². The summed E-state index contributed by atoms with van der Waals surface area (Å²) in [6.07, 6.45) is 2.55. The lowest BCUT2D eigenvalue weighted by molar-refractivity contribution is -0.137. The van der Waals surface area contributed by atoms with Crippen molar-refractivity contribution in [1.29, 1.82) is 0 Å². The van der Waals surface area contributed by atoms with Crippen LogP contribution < -0.4 is 5.73 Å². The molecule has 6 heteroatoms. The number of carbonyl (C=O) groups is 2. The summed E-state index contributed by atoms with van der Waals surface area (Å²) < 4.78 is 0. The van der Waals surface area contributed by atoms with Gasteiger partial charge in [-0.05, 0) is 19.4 Å². The molecule has 1 saturated heterocycles. The smallest absolute Gasteiger partial charge is 0.304 e. The molecule has 1 amide bonds. The molecule has 3 N–H and O–H groups in total. The lowest BCUT2D eigenvalue weighted by Gasteiger charge is -2.34. The molecule has 6 nitrogen and oxygen atoms in total. The Morgan fingerprint density at radius 1 is 0.944 bits per heavy atom. The molecule has 1 heterocycles. The van der Waals surface area contributed by atoms with Crippen LogP contribution >= 0.6 is 0 Å². The second-order valence-corrected chi connectivity index (χ2v) is 4.75. The number of nitrogens with zero attached hydrogens (tertiary/aromatic N) is 2. The molecule has 0 saturated carbocycles. The maximum Gasteiger partial charge on any atom is 0.304 e. The Bertz CT molecular complexity index is 276. The topological polar surface area (TPSA) is 86.9 Å². The highest BCUT2D eigenvalue weighted by molar-refractivity contribution is 5.73. The van der Waals surface area contributed by atoms with Crippen molar-refractivity contribution in [3.8, 4) is 0 Å². The molecular formula is C12H23N3O3. The van der Waals surface area contributed by atoms with Gasteiger partial charge in [0, 0.05) is 39.1 Å². The minimum atomic E-state index is -0.733.